The summed E-state index contributed by atoms with van der Waals surface area (Å²) in [7, 11) is 0. The number of rotatable bonds is 3. The van der Waals surface area contributed by atoms with Gasteiger partial charge in [0.15, 0.2) is 0 Å². The van der Waals surface area contributed by atoms with Crippen LogP contribution < -0.4 is 11.1 Å². The Morgan fingerprint density at radius 2 is 1.94 bits per heavy atom. The summed E-state index contributed by atoms with van der Waals surface area (Å²) in [6, 6.07) is 14.4. The molecule has 0 aliphatic heterocycles. The molecule has 2 aromatic carbocycles. The average molecular weight is 226 g/mol. The number of hydrogen-bond donors (Lipinski definition) is 2. The zero-order valence-electron chi connectivity index (χ0n) is 10.3. The second kappa shape index (κ2) is 4.91. The maximum atomic E-state index is 5.80. The highest BCUT2D eigenvalue weighted by Gasteiger charge is 2.00. The second-order valence-corrected chi connectivity index (χ2v) is 4.25. The number of nitrogens with one attached hydrogen (secondary N) is 1. The van der Waals surface area contributed by atoms with Gasteiger partial charge in [-0.3, -0.25) is 0 Å². The quantitative estimate of drug-likeness (QED) is 0.779. The third-order valence-electron chi connectivity index (χ3n) is 2.88. The second-order valence-electron chi connectivity index (χ2n) is 4.25. The van der Waals surface area contributed by atoms with Crippen LogP contribution in [0.15, 0.2) is 42.5 Å². The summed E-state index contributed by atoms with van der Waals surface area (Å²) in [5, 5.41) is 3.41. The Balaban J connectivity index is 2.27. The van der Waals surface area contributed by atoms with Crippen LogP contribution in [0.4, 0.5) is 17.1 Å². The van der Waals surface area contributed by atoms with Crippen LogP contribution in [0.1, 0.15) is 18.1 Å². The molecule has 0 bridgehead atoms. The van der Waals surface area contributed by atoms with E-state index >= 15 is 0 Å². The largest absolute Gasteiger partial charge is 0.399 e. The highest BCUT2D eigenvalue weighted by atomic mass is 14.9. The van der Waals surface area contributed by atoms with Gasteiger partial charge in [-0.25, -0.2) is 0 Å². The van der Waals surface area contributed by atoms with Crippen LogP contribution in [-0.2, 0) is 6.42 Å². The molecule has 2 nitrogen and oxygen atoms in total. The third-order valence-corrected chi connectivity index (χ3v) is 2.88. The molecular formula is C15H18N2. The summed E-state index contributed by atoms with van der Waals surface area (Å²) in [6.45, 7) is 4.23. The van der Waals surface area contributed by atoms with Gasteiger partial charge in [-0.2, -0.15) is 0 Å². The third kappa shape index (κ3) is 2.78. The van der Waals surface area contributed by atoms with Crippen LogP contribution in [0.2, 0.25) is 0 Å². The predicted octanol–water partition coefficient (Wildman–Crippen LogP) is 3.88. The number of hydrogen-bond acceptors (Lipinski definition) is 2. The van der Waals surface area contributed by atoms with Crippen LogP contribution in [0.25, 0.3) is 0 Å². The van der Waals surface area contributed by atoms with Gasteiger partial charge in [0.05, 0.1) is 0 Å². The predicted molar refractivity (Wildman–Crippen MR) is 74.7 cm³/mol. The topological polar surface area (TPSA) is 38.0 Å². The molecule has 0 fully saturated rings. The van der Waals surface area contributed by atoms with Crippen molar-refractivity contribution in [2.75, 3.05) is 11.1 Å². The normalized spacial score (nSPS) is 10.2. The summed E-state index contributed by atoms with van der Waals surface area (Å²) in [5.74, 6) is 0. The molecule has 0 spiro atoms. The van der Waals surface area contributed by atoms with Crippen molar-refractivity contribution in [2.24, 2.45) is 0 Å². The van der Waals surface area contributed by atoms with Gasteiger partial charge in [-0.1, -0.05) is 25.1 Å². The minimum atomic E-state index is 0.782. The molecule has 0 aliphatic carbocycles. The maximum Gasteiger partial charge on any atom is 0.0434 e. The molecular weight excluding hydrogens is 208 g/mol. The Morgan fingerprint density at radius 1 is 1.12 bits per heavy atom. The van der Waals surface area contributed by atoms with Crippen molar-refractivity contribution in [1.82, 2.24) is 0 Å². The van der Waals surface area contributed by atoms with Crippen molar-refractivity contribution in [2.45, 2.75) is 20.3 Å². The lowest BCUT2D eigenvalue weighted by Gasteiger charge is -2.11. The highest BCUT2D eigenvalue weighted by Crippen LogP contribution is 2.23. The van der Waals surface area contributed by atoms with E-state index in [2.05, 4.69) is 43.4 Å². The Labute approximate surface area is 102 Å². The van der Waals surface area contributed by atoms with Crippen molar-refractivity contribution in [3.05, 3.63) is 53.6 Å². The molecule has 2 aromatic rings. The van der Waals surface area contributed by atoms with E-state index < -0.39 is 0 Å². The fourth-order valence-electron chi connectivity index (χ4n) is 1.80. The molecule has 17 heavy (non-hydrogen) atoms. The first-order valence-electron chi connectivity index (χ1n) is 5.91. The molecule has 0 aromatic heterocycles. The van der Waals surface area contributed by atoms with Crippen molar-refractivity contribution in [3.63, 3.8) is 0 Å². The van der Waals surface area contributed by atoms with E-state index in [1.54, 1.807) is 0 Å². The number of aryl methyl sites for hydroxylation is 2. The first-order valence-corrected chi connectivity index (χ1v) is 5.91. The van der Waals surface area contributed by atoms with E-state index in [1.165, 1.54) is 11.1 Å². The van der Waals surface area contributed by atoms with Gasteiger partial charge in [0.1, 0.15) is 0 Å². The van der Waals surface area contributed by atoms with E-state index in [0.29, 0.717) is 0 Å². The summed E-state index contributed by atoms with van der Waals surface area (Å²) >= 11 is 0. The molecule has 0 radical (unpaired) electrons. The van der Waals surface area contributed by atoms with Gasteiger partial charge in [-0.05, 0) is 48.7 Å². The lowest BCUT2D eigenvalue weighted by atomic mass is 10.1. The van der Waals surface area contributed by atoms with Crippen LogP contribution >= 0.6 is 0 Å². The number of nitrogens with two attached hydrogens (primary N) is 1. The number of benzene rings is 2. The molecule has 0 atom stereocenters. The molecule has 0 heterocycles. The van der Waals surface area contributed by atoms with Gasteiger partial charge in [0.25, 0.3) is 0 Å². The van der Waals surface area contributed by atoms with Crippen LogP contribution in [0.3, 0.4) is 0 Å². The smallest absolute Gasteiger partial charge is 0.0434 e. The molecule has 0 aliphatic rings. The first-order chi connectivity index (χ1) is 8.19. The fraction of sp³-hybridized carbons (Fsp3) is 0.200. The highest BCUT2D eigenvalue weighted by molar-refractivity contribution is 5.67. The lowest BCUT2D eigenvalue weighted by molar-refractivity contribution is 1.14. The maximum absolute atomic E-state index is 5.80. The van der Waals surface area contributed by atoms with Gasteiger partial charge in [-0.15, -0.1) is 0 Å². The van der Waals surface area contributed by atoms with E-state index in [4.69, 9.17) is 5.73 Å². The van der Waals surface area contributed by atoms with Crippen molar-refractivity contribution in [3.8, 4) is 0 Å². The van der Waals surface area contributed by atoms with Gasteiger partial charge < -0.3 is 11.1 Å². The first kappa shape index (κ1) is 11.5. The Kier molecular flexibility index (Phi) is 3.33. The van der Waals surface area contributed by atoms with Gasteiger partial charge >= 0.3 is 0 Å². The van der Waals surface area contributed by atoms with Gasteiger partial charge in [0, 0.05) is 17.1 Å². The zero-order chi connectivity index (χ0) is 12.3. The van der Waals surface area contributed by atoms with Crippen LogP contribution in [0.5, 0.6) is 0 Å². The lowest BCUT2D eigenvalue weighted by Crippen LogP contribution is -1.95. The molecule has 2 rings (SSSR count). The summed E-state index contributed by atoms with van der Waals surface area (Å²) in [5.41, 5.74) is 11.3. The average Bonchev–Trinajstić information content (AvgIpc) is 2.34. The zero-order valence-corrected chi connectivity index (χ0v) is 10.3. The summed E-state index contributed by atoms with van der Waals surface area (Å²) in [6.07, 6.45) is 1.05. The molecule has 0 unspecified atom stereocenters. The Hall–Kier alpha value is -1.96. The summed E-state index contributed by atoms with van der Waals surface area (Å²) < 4.78 is 0. The van der Waals surface area contributed by atoms with Gasteiger partial charge in [0.2, 0.25) is 0 Å². The molecule has 2 heteroatoms. The van der Waals surface area contributed by atoms with Crippen molar-refractivity contribution in [1.29, 1.82) is 0 Å². The molecule has 0 saturated carbocycles. The molecule has 0 saturated heterocycles. The standard InChI is InChI=1S/C15H18N2/c1-3-12-5-4-6-14(9-12)17-15-10-13(16)8-7-11(15)2/h4-10,17H,3,16H2,1-2H3. The van der Waals surface area contributed by atoms with E-state index in [1.807, 2.05) is 18.2 Å². The molecule has 0 amide bonds. The van der Waals surface area contributed by atoms with Crippen LogP contribution in [-0.4, -0.2) is 0 Å². The van der Waals surface area contributed by atoms with Crippen molar-refractivity contribution < 1.29 is 0 Å². The Morgan fingerprint density at radius 3 is 2.71 bits per heavy atom. The Bertz CT molecular complexity index is 518. The van der Waals surface area contributed by atoms with E-state index in [-0.39, 0.29) is 0 Å². The van der Waals surface area contributed by atoms with Crippen molar-refractivity contribution >= 4 is 17.1 Å². The minimum absolute atomic E-state index is 0.782. The summed E-state index contributed by atoms with van der Waals surface area (Å²) in [4.78, 5) is 0. The fourth-order valence-corrected chi connectivity index (χ4v) is 1.80. The number of nitrogen functional groups attached to an aromatic ring is 1. The molecule has 88 valence electrons. The van der Waals surface area contributed by atoms with E-state index in [9.17, 15) is 0 Å². The monoisotopic (exact) mass is 226 g/mol. The van der Waals surface area contributed by atoms with Crippen LogP contribution in [0, 0.1) is 6.92 Å². The van der Waals surface area contributed by atoms with E-state index in [0.717, 1.165) is 23.5 Å². The molecule has 3 N–H and O–H groups in total. The minimum Gasteiger partial charge on any atom is -0.399 e. The number of anilines is 3. The SMILES string of the molecule is CCc1cccc(Nc2cc(N)ccc2C)c1.